The molecule has 126 valence electrons. The summed E-state index contributed by atoms with van der Waals surface area (Å²) in [5, 5.41) is 1.38. The lowest BCUT2D eigenvalue weighted by atomic mass is 10.2. The van der Waals surface area contributed by atoms with Gasteiger partial charge in [0, 0.05) is 42.8 Å². The zero-order valence-corrected chi connectivity index (χ0v) is 14.0. The van der Waals surface area contributed by atoms with Crippen LogP contribution in [0.15, 0.2) is 85.2 Å². The van der Waals surface area contributed by atoms with Crippen molar-refractivity contribution in [1.82, 2.24) is 9.13 Å². The maximum atomic E-state index is 7.92. The van der Waals surface area contributed by atoms with Gasteiger partial charge in [0.25, 0.3) is 0 Å². The monoisotopic (exact) mass is 342 g/mol. The van der Waals surface area contributed by atoms with Crippen molar-refractivity contribution >= 4 is 21.8 Å². The fraction of sp³-hybridized carbons (Fsp3) is 0.0833. The molecular formula is C24H20N2. The van der Waals surface area contributed by atoms with E-state index in [0.717, 1.165) is 22.4 Å². The predicted octanol–water partition coefficient (Wildman–Crippen LogP) is 6.19. The van der Waals surface area contributed by atoms with Crippen molar-refractivity contribution in [3.8, 4) is 11.4 Å². The molecule has 0 saturated heterocycles. The van der Waals surface area contributed by atoms with E-state index in [0.29, 0.717) is 21.9 Å². The average Bonchev–Trinajstić information content (AvgIpc) is 3.33. The van der Waals surface area contributed by atoms with Crippen molar-refractivity contribution in [3.63, 3.8) is 0 Å². The molecule has 0 atom stereocenters. The molecular weight excluding hydrogens is 316 g/mol. The van der Waals surface area contributed by atoms with E-state index in [4.69, 9.17) is 8.22 Å². The van der Waals surface area contributed by atoms with Crippen LogP contribution in [0, 0.1) is 13.7 Å². The number of hydrogen-bond donors (Lipinski definition) is 0. The number of para-hydroxylation sites is 2. The summed E-state index contributed by atoms with van der Waals surface area (Å²) in [6.45, 7) is -4.46. The van der Waals surface area contributed by atoms with Gasteiger partial charge in [-0.1, -0.05) is 42.5 Å². The molecule has 0 fully saturated rings. The standard InChI is InChI=1S/C24H20N2/c1-17-15-25(23-12-5-3-10-21(17)23)19-8-7-9-20(14-19)26-16-18(2)22-11-4-6-13-24(22)26/h3-16H,1-2H3/i1D3,2D3. The Morgan fingerprint density at radius 3 is 1.62 bits per heavy atom. The van der Waals surface area contributed by atoms with Crippen LogP contribution in [0.1, 0.15) is 19.4 Å². The SMILES string of the molecule is [2H]C([2H])([2H])c1cn(-c2cccc(-n3cc(C([2H])([2H])[2H])c4ccccc43)c2)c2ccccc12. The molecule has 2 nitrogen and oxygen atoms in total. The molecule has 0 amide bonds. The third-order valence-corrected chi connectivity index (χ3v) is 4.81. The molecule has 0 N–H and O–H groups in total. The molecule has 0 bridgehead atoms. The Morgan fingerprint density at radius 2 is 1.12 bits per heavy atom. The van der Waals surface area contributed by atoms with E-state index in [-0.39, 0.29) is 0 Å². The minimum absolute atomic E-state index is 0.301. The first-order valence-corrected chi connectivity index (χ1v) is 8.46. The maximum absolute atomic E-state index is 7.92. The van der Waals surface area contributed by atoms with Gasteiger partial charge < -0.3 is 9.13 Å². The summed E-state index contributed by atoms with van der Waals surface area (Å²) < 4.78 is 51.3. The van der Waals surface area contributed by atoms with E-state index in [1.165, 1.54) is 0 Å². The zero-order valence-electron chi connectivity index (χ0n) is 20.0. The van der Waals surface area contributed by atoms with Gasteiger partial charge in [0.15, 0.2) is 0 Å². The fourth-order valence-corrected chi connectivity index (χ4v) is 3.58. The summed E-state index contributed by atoms with van der Waals surface area (Å²) in [5.74, 6) is 0. The highest BCUT2D eigenvalue weighted by atomic mass is 15.0. The Morgan fingerprint density at radius 1 is 0.615 bits per heavy atom. The number of rotatable bonds is 2. The normalized spacial score (nSPS) is 15.8. The van der Waals surface area contributed by atoms with E-state index in [1.807, 2.05) is 81.9 Å². The lowest BCUT2D eigenvalue weighted by Gasteiger charge is -2.10. The van der Waals surface area contributed by atoms with Crippen molar-refractivity contribution in [1.29, 1.82) is 0 Å². The van der Waals surface area contributed by atoms with Gasteiger partial charge in [-0.3, -0.25) is 0 Å². The third-order valence-electron chi connectivity index (χ3n) is 4.81. The summed E-state index contributed by atoms with van der Waals surface area (Å²) in [4.78, 5) is 0. The Bertz CT molecular complexity index is 1350. The minimum Gasteiger partial charge on any atom is -0.316 e. The van der Waals surface area contributed by atoms with Crippen molar-refractivity contribution in [3.05, 3.63) is 96.3 Å². The lowest BCUT2D eigenvalue weighted by Crippen LogP contribution is -1.96. The first kappa shape index (κ1) is 10.0. The minimum atomic E-state index is -2.23. The second kappa shape index (κ2) is 5.63. The highest BCUT2D eigenvalue weighted by Crippen LogP contribution is 2.28. The highest BCUT2D eigenvalue weighted by Gasteiger charge is 2.10. The van der Waals surface area contributed by atoms with Crippen LogP contribution in [-0.4, -0.2) is 9.13 Å². The molecule has 5 aromatic rings. The molecule has 0 spiro atoms. The summed E-state index contributed by atoms with van der Waals surface area (Å²) >= 11 is 0. The van der Waals surface area contributed by atoms with Crippen LogP contribution in [0.5, 0.6) is 0 Å². The van der Waals surface area contributed by atoms with Gasteiger partial charge in [-0.15, -0.1) is 0 Å². The number of aromatic nitrogens is 2. The summed E-state index contributed by atoms with van der Waals surface area (Å²) in [5.41, 5.74) is 3.79. The first-order valence-electron chi connectivity index (χ1n) is 11.5. The summed E-state index contributed by atoms with van der Waals surface area (Å²) in [6.07, 6.45) is 3.33. The Balaban J connectivity index is 1.72. The molecule has 2 aromatic heterocycles. The van der Waals surface area contributed by atoms with Gasteiger partial charge in [-0.2, -0.15) is 0 Å². The lowest BCUT2D eigenvalue weighted by molar-refractivity contribution is 1.08. The van der Waals surface area contributed by atoms with Crippen LogP contribution in [-0.2, 0) is 0 Å². The molecule has 0 unspecified atom stereocenters. The molecule has 3 aromatic carbocycles. The van der Waals surface area contributed by atoms with Gasteiger partial charge in [0.1, 0.15) is 0 Å². The van der Waals surface area contributed by atoms with Crippen LogP contribution >= 0.6 is 0 Å². The van der Waals surface area contributed by atoms with Crippen molar-refractivity contribution in [2.45, 2.75) is 13.7 Å². The number of nitrogens with zero attached hydrogens (tertiary/aromatic N) is 2. The molecule has 0 aliphatic heterocycles. The van der Waals surface area contributed by atoms with Gasteiger partial charge in [0.05, 0.1) is 11.0 Å². The van der Waals surface area contributed by atoms with Gasteiger partial charge in [-0.25, -0.2) is 0 Å². The Labute approximate surface area is 161 Å². The van der Waals surface area contributed by atoms with Crippen molar-refractivity contribution in [2.75, 3.05) is 0 Å². The molecule has 0 radical (unpaired) electrons. The van der Waals surface area contributed by atoms with E-state index in [9.17, 15) is 0 Å². The second-order valence-corrected chi connectivity index (χ2v) is 6.38. The Kier molecular flexibility index (Phi) is 2.17. The topological polar surface area (TPSA) is 9.86 Å². The third kappa shape index (κ3) is 2.19. The molecule has 5 rings (SSSR count). The Hall–Kier alpha value is -3.26. The largest absolute Gasteiger partial charge is 0.316 e. The maximum Gasteiger partial charge on any atom is 0.0531 e. The van der Waals surface area contributed by atoms with E-state index in [2.05, 4.69) is 0 Å². The molecule has 2 heteroatoms. The molecule has 2 heterocycles. The van der Waals surface area contributed by atoms with Crippen LogP contribution < -0.4 is 0 Å². The van der Waals surface area contributed by atoms with Crippen molar-refractivity contribution in [2.24, 2.45) is 0 Å². The number of fused-ring (bicyclic) bond motifs is 2. The number of hydrogen-bond acceptors (Lipinski definition) is 0. The molecule has 0 aliphatic carbocycles. The average molecular weight is 342 g/mol. The van der Waals surface area contributed by atoms with Crippen molar-refractivity contribution < 1.29 is 8.22 Å². The van der Waals surface area contributed by atoms with Crippen LogP contribution in [0.3, 0.4) is 0 Å². The first-order chi connectivity index (χ1) is 15.1. The van der Waals surface area contributed by atoms with E-state index in [1.54, 1.807) is 12.4 Å². The summed E-state index contributed by atoms with van der Waals surface area (Å²) in [6, 6.07) is 22.5. The molecule has 0 saturated carbocycles. The van der Waals surface area contributed by atoms with Gasteiger partial charge in [-0.05, 0) is 55.2 Å². The van der Waals surface area contributed by atoms with Gasteiger partial charge >= 0.3 is 0 Å². The van der Waals surface area contributed by atoms with Crippen LogP contribution in [0.4, 0.5) is 0 Å². The van der Waals surface area contributed by atoms with E-state index >= 15 is 0 Å². The number of aryl methyl sites for hydroxylation is 2. The van der Waals surface area contributed by atoms with Gasteiger partial charge in [0.2, 0.25) is 0 Å². The molecule has 26 heavy (non-hydrogen) atoms. The predicted molar refractivity (Wildman–Crippen MR) is 110 cm³/mol. The highest BCUT2D eigenvalue weighted by molar-refractivity contribution is 5.86. The van der Waals surface area contributed by atoms with Crippen LogP contribution in [0.25, 0.3) is 33.2 Å². The number of benzene rings is 3. The van der Waals surface area contributed by atoms with Crippen LogP contribution in [0.2, 0.25) is 0 Å². The van der Waals surface area contributed by atoms with E-state index < -0.39 is 13.7 Å². The molecule has 0 aliphatic rings. The second-order valence-electron chi connectivity index (χ2n) is 6.38. The smallest absolute Gasteiger partial charge is 0.0531 e. The summed E-state index contributed by atoms with van der Waals surface area (Å²) in [7, 11) is 0. The fourth-order valence-electron chi connectivity index (χ4n) is 3.58. The quantitative estimate of drug-likeness (QED) is 0.362. The zero-order chi connectivity index (χ0) is 22.7.